The normalized spacial score (nSPS) is 12.0. The summed E-state index contributed by atoms with van der Waals surface area (Å²) in [6.07, 6.45) is -0.273. The number of nitrogens with zero attached hydrogens (tertiary/aromatic N) is 2. The Morgan fingerprint density at radius 1 is 1.21 bits per heavy atom. The van der Waals surface area contributed by atoms with E-state index in [-0.39, 0.29) is 24.7 Å². The van der Waals surface area contributed by atoms with Crippen LogP contribution in [0.15, 0.2) is 48.5 Å². The number of aryl methyl sites for hydroxylation is 1. The lowest BCUT2D eigenvalue weighted by Crippen LogP contribution is -2.37. The van der Waals surface area contributed by atoms with E-state index < -0.39 is 12.1 Å². The first-order valence-corrected chi connectivity index (χ1v) is 9.77. The zero-order valence-electron chi connectivity index (χ0n) is 15.7. The smallest absolute Gasteiger partial charge is 0.306 e. The fourth-order valence-electron chi connectivity index (χ4n) is 2.84. The number of fused-ring (bicyclic) bond motifs is 1. The van der Waals surface area contributed by atoms with Crippen LogP contribution in [0.4, 0.5) is 4.39 Å². The third-order valence-electron chi connectivity index (χ3n) is 4.22. The summed E-state index contributed by atoms with van der Waals surface area (Å²) < 4.78 is 19.6. The number of hydrogen-bond donors (Lipinski definition) is 0. The molecule has 0 N–H and O–H groups in total. The van der Waals surface area contributed by atoms with Gasteiger partial charge in [-0.05, 0) is 36.8 Å². The lowest BCUT2D eigenvalue weighted by molar-refractivity contribution is -0.158. The monoisotopic (exact) mass is 400 g/mol. The number of carbonyl (C=O) groups is 2. The van der Waals surface area contributed by atoms with Crippen molar-refractivity contribution in [3.05, 3.63) is 64.9 Å². The van der Waals surface area contributed by atoms with Gasteiger partial charge in [-0.1, -0.05) is 24.3 Å². The van der Waals surface area contributed by atoms with Crippen LogP contribution in [-0.2, 0) is 27.3 Å². The maximum Gasteiger partial charge on any atom is 0.306 e. The maximum atomic E-state index is 13.3. The van der Waals surface area contributed by atoms with Gasteiger partial charge < -0.3 is 9.64 Å². The minimum atomic E-state index is -0.901. The molecule has 0 aliphatic carbocycles. The number of para-hydroxylation sites is 1. The molecule has 28 heavy (non-hydrogen) atoms. The maximum absolute atomic E-state index is 13.3. The number of carbonyl (C=O) groups excluding carboxylic acids is 2. The summed E-state index contributed by atoms with van der Waals surface area (Å²) >= 11 is 1.55. The minimum absolute atomic E-state index is 0.158. The van der Waals surface area contributed by atoms with Crippen molar-refractivity contribution >= 4 is 33.4 Å². The predicted octanol–water partition coefficient (Wildman–Crippen LogP) is 3.96. The molecule has 3 rings (SSSR count). The Balaban J connectivity index is 1.49. The molecule has 1 aromatic heterocycles. The number of ether oxygens (including phenoxy) is 1. The molecular weight excluding hydrogens is 379 g/mol. The van der Waals surface area contributed by atoms with Crippen LogP contribution in [0.2, 0.25) is 0 Å². The Morgan fingerprint density at radius 2 is 2.00 bits per heavy atom. The van der Waals surface area contributed by atoms with Crippen LogP contribution in [0, 0.1) is 5.82 Å². The summed E-state index contributed by atoms with van der Waals surface area (Å²) in [7, 11) is 1.60. The van der Waals surface area contributed by atoms with Crippen LogP contribution >= 0.6 is 11.3 Å². The molecule has 7 heteroatoms. The van der Waals surface area contributed by atoms with Crippen LogP contribution in [0.25, 0.3) is 10.2 Å². The first-order chi connectivity index (χ1) is 13.4. The van der Waals surface area contributed by atoms with Gasteiger partial charge >= 0.3 is 5.97 Å². The summed E-state index contributed by atoms with van der Waals surface area (Å²) in [5.41, 5.74) is 1.59. The highest BCUT2D eigenvalue weighted by Crippen LogP contribution is 2.22. The third kappa shape index (κ3) is 5.13. The van der Waals surface area contributed by atoms with Gasteiger partial charge in [0, 0.05) is 20.0 Å². The topological polar surface area (TPSA) is 59.5 Å². The van der Waals surface area contributed by atoms with E-state index in [9.17, 15) is 14.0 Å². The molecule has 0 saturated heterocycles. The van der Waals surface area contributed by atoms with Crippen LogP contribution in [0.3, 0.4) is 0 Å². The Kier molecular flexibility index (Phi) is 6.36. The highest BCUT2D eigenvalue weighted by Gasteiger charge is 2.22. The van der Waals surface area contributed by atoms with E-state index in [2.05, 4.69) is 4.98 Å². The van der Waals surface area contributed by atoms with Crippen molar-refractivity contribution in [1.82, 2.24) is 9.88 Å². The highest BCUT2D eigenvalue weighted by molar-refractivity contribution is 7.18. The van der Waals surface area contributed by atoms with E-state index in [0.717, 1.165) is 15.2 Å². The molecule has 2 aromatic carbocycles. The molecule has 1 atom stereocenters. The second kappa shape index (κ2) is 8.93. The minimum Gasteiger partial charge on any atom is -0.453 e. The van der Waals surface area contributed by atoms with Crippen molar-refractivity contribution < 1.29 is 18.7 Å². The average Bonchev–Trinajstić information content (AvgIpc) is 3.08. The molecule has 1 heterocycles. The Labute approximate surface area is 166 Å². The predicted molar refractivity (Wildman–Crippen MR) is 106 cm³/mol. The van der Waals surface area contributed by atoms with Gasteiger partial charge in [0.2, 0.25) is 0 Å². The van der Waals surface area contributed by atoms with Gasteiger partial charge in [0.15, 0.2) is 6.10 Å². The van der Waals surface area contributed by atoms with Crippen molar-refractivity contribution in [3.63, 3.8) is 0 Å². The number of likely N-dealkylation sites (N-methyl/N-ethyl adjacent to an activating group) is 1. The van der Waals surface area contributed by atoms with Gasteiger partial charge in [0.25, 0.3) is 5.91 Å². The van der Waals surface area contributed by atoms with E-state index in [0.29, 0.717) is 12.0 Å². The molecule has 146 valence electrons. The average molecular weight is 400 g/mol. The molecule has 0 spiro atoms. The second-order valence-corrected chi connectivity index (χ2v) is 7.65. The Morgan fingerprint density at radius 3 is 2.75 bits per heavy atom. The Hall–Kier alpha value is -2.80. The molecule has 1 amide bonds. The van der Waals surface area contributed by atoms with Crippen molar-refractivity contribution in [2.45, 2.75) is 32.4 Å². The summed E-state index contributed by atoms with van der Waals surface area (Å²) in [6.45, 7) is 1.78. The number of rotatable bonds is 7. The molecule has 0 bridgehead atoms. The van der Waals surface area contributed by atoms with Crippen molar-refractivity contribution in [2.24, 2.45) is 0 Å². The molecule has 0 aliphatic heterocycles. The lowest BCUT2D eigenvalue weighted by atomic mass is 10.2. The zero-order valence-corrected chi connectivity index (χ0v) is 16.5. The standard InChI is InChI=1S/C21H21FN2O3S/c1-14(21(26)24(2)13-15-6-5-7-16(22)12-15)27-20(25)11-10-19-23-17-8-3-4-9-18(17)28-19/h3-9,12,14H,10-11,13H2,1-2H3/t14-/m0/s1. The largest absolute Gasteiger partial charge is 0.453 e. The third-order valence-corrected chi connectivity index (χ3v) is 5.32. The molecule has 0 saturated carbocycles. The summed E-state index contributed by atoms with van der Waals surface area (Å²) in [6, 6.07) is 13.8. The summed E-state index contributed by atoms with van der Waals surface area (Å²) in [4.78, 5) is 30.4. The van der Waals surface area contributed by atoms with Crippen LogP contribution in [-0.4, -0.2) is 34.9 Å². The lowest BCUT2D eigenvalue weighted by Gasteiger charge is -2.21. The van der Waals surface area contributed by atoms with Gasteiger partial charge in [0.05, 0.1) is 21.6 Å². The van der Waals surface area contributed by atoms with Crippen LogP contribution < -0.4 is 0 Å². The number of halogens is 1. The number of esters is 1. The fourth-order valence-corrected chi connectivity index (χ4v) is 3.81. The SMILES string of the molecule is C[C@H](OC(=O)CCc1nc2ccccc2s1)C(=O)N(C)Cc1cccc(F)c1. The summed E-state index contributed by atoms with van der Waals surface area (Å²) in [5.74, 6) is -1.13. The molecule has 0 fully saturated rings. The van der Waals surface area contributed by atoms with E-state index in [1.165, 1.54) is 17.0 Å². The molecule has 0 radical (unpaired) electrons. The second-order valence-electron chi connectivity index (χ2n) is 6.53. The molecular formula is C21H21FN2O3S. The molecule has 5 nitrogen and oxygen atoms in total. The molecule has 0 unspecified atom stereocenters. The number of thiazole rings is 1. The fraction of sp³-hybridized carbons (Fsp3) is 0.286. The summed E-state index contributed by atoms with van der Waals surface area (Å²) in [5, 5.41) is 0.861. The van der Waals surface area contributed by atoms with Gasteiger partial charge in [-0.15, -0.1) is 11.3 Å². The van der Waals surface area contributed by atoms with Crippen LogP contribution in [0.5, 0.6) is 0 Å². The highest BCUT2D eigenvalue weighted by atomic mass is 32.1. The Bertz CT molecular complexity index is 955. The molecule has 3 aromatic rings. The van der Waals surface area contributed by atoms with E-state index in [4.69, 9.17) is 4.74 Å². The van der Waals surface area contributed by atoms with Gasteiger partial charge in [-0.3, -0.25) is 9.59 Å². The zero-order chi connectivity index (χ0) is 20.1. The van der Waals surface area contributed by atoms with E-state index in [1.807, 2.05) is 24.3 Å². The van der Waals surface area contributed by atoms with Crippen molar-refractivity contribution in [1.29, 1.82) is 0 Å². The van der Waals surface area contributed by atoms with E-state index in [1.54, 1.807) is 37.4 Å². The van der Waals surface area contributed by atoms with E-state index >= 15 is 0 Å². The van der Waals surface area contributed by atoms with Gasteiger partial charge in [0.1, 0.15) is 5.82 Å². The number of amides is 1. The van der Waals surface area contributed by atoms with Gasteiger partial charge in [-0.25, -0.2) is 9.37 Å². The number of benzene rings is 2. The van der Waals surface area contributed by atoms with Gasteiger partial charge in [-0.2, -0.15) is 0 Å². The first-order valence-electron chi connectivity index (χ1n) is 8.95. The quantitative estimate of drug-likeness (QED) is 0.564. The number of hydrogen-bond acceptors (Lipinski definition) is 5. The first kappa shape index (κ1) is 19.9. The number of aromatic nitrogens is 1. The van der Waals surface area contributed by atoms with Crippen molar-refractivity contribution in [2.75, 3.05) is 7.05 Å². The van der Waals surface area contributed by atoms with Crippen molar-refractivity contribution in [3.8, 4) is 0 Å². The molecule has 0 aliphatic rings. The van der Waals surface area contributed by atoms with Crippen LogP contribution in [0.1, 0.15) is 23.9 Å².